The number of rotatable bonds is 1. The summed E-state index contributed by atoms with van der Waals surface area (Å²) in [6.45, 7) is 0.806. The fraction of sp³-hybridized carbons (Fsp3) is 1.00. The molecular formula is C2H14IN3O3S. The summed E-state index contributed by atoms with van der Waals surface area (Å²) >= 11 is -0.385. The van der Waals surface area contributed by atoms with Crippen LogP contribution in [-0.4, -0.2) is 24.3 Å². The SMILES string of the molecule is N.N.NCCI.O=S(O)O. The first-order chi connectivity index (χ1) is 3.65. The van der Waals surface area contributed by atoms with Crippen LogP contribution in [0.5, 0.6) is 0 Å². The molecule has 0 fully saturated rings. The second-order valence-corrected chi connectivity index (χ2v) is 2.25. The third-order valence-electron chi connectivity index (χ3n) is 0.109. The summed E-state index contributed by atoms with van der Waals surface area (Å²) in [5.41, 5.74) is 5.02. The molecule has 0 heterocycles. The van der Waals surface area contributed by atoms with Crippen LogP contribution in [0.4, 0.5) is 0 Å². The minimum absolute atomic E-state index is 0. The highest BCUT2D eigenvalue weighted by atomic mass is 127. The van der Waals surface area contributed by atoms with Crippen molar-refractivity contribution in [3.05, 3.63) is 0 Å². The highest BCUT2D eigenvalue weighted by Gasteiger charge is 1.62. The predicted octanol–water partition coefficient (Wildman–Crippen LogP) is 0.385. The Balaban J connectivity index is -0.0000000300. The zero-order valence-corrected chi connectivity index (χ0v) is 8.47. The smallest absolute Gasteiger partial charge is 0.299 e. The van der Waals surface area contributed by atoms with Crippen LogP contribution in [0.1, 0.15) is 0 Å². The summed E-state index contributed by atoms with van der Waals surface area (Å²) in [5, 5.41) is 0. The van der Waals surface area contributed by atoms with Gasteiger partial charge in [-0.15, -0.1) is 0 Å². The molecule has 0 unspecified atom stereocenters. The van der Waals surface area contributed by atoms with Crippen molar-refractivity contribution in [2.24, 2.45) is 5.73 Å². The molecule has 10 heavy (non-hydrogen) atoms. The summed E-state index contributed by atoms with van der Waals surface area (Å²) in [7, 11) is 0. The minimum atomic E-state index is -2.61. The average Bonchev–Trinajstić information content (AvgIpc) is 1.65. The molecule has 0 aliphatic heterocycles. The molecule has 0 spiro atoms. The van der Waals surface area contributed by atoms with Crippen molar-refractivity contribution >= 4 is 34.0 Å². The molecule has 10 N–H and O–H groups in total. The number of nitrogens with two attached hydrogens (primary N) is 1. The zero-order chi connectivity index (χ0) is 6.99. The molecule has 0 bridgehead atoms. The van der Waals surface area contributed by atoms with Crippen LogP contribution in [0.3, 0.4) is 0 Å². The van der Waals surface area contributed by atoms with Crippen LogP contribution >= 0.6 is 22.6 Å². The summed E-state index contributed by atoms with van der Waals surface area (Å²) in [5.74, 6) is 0. The van der Waals surface area contributed by atoms with Gasteiger partial charge in [0.15, 0.2) is 0 Å². The van der Waals surface area contributed by atoms with Crippen molar-refractivity contribution in [3.63, 3.8) is 0 Å². The zero-order valence-electron chi connectivity index (χ0n) is 5.49. The third kappa shape index (κ3) is 181. The van der Waals surface area contributed by atoms with Crippen molar-refractivity contribution in [3.8, 4) is 0 Å². The minimum Gasteiger partial charge on any atom is -0.344 e. The molecule has 0 rings (SSSR count). The number of alkyl halides is 1. The van der Waals surface area contributed by atoms with E-state index in [1.165, 1.54) is 0 Å². The molecular weight excluding hydrogens is 273 g/mol. The monoisotopic (exact) mass is 287 g/mol. The molecule has 0 radical (unpaired) electrons. The number of halogens is 1. The Morgan fingerprint density at radius 3 is 1.50 bits per heavy atom. The van der Waals surface area contributed by atoms with E-state index in [0.29, 0.717) is 0 Å². The molecule has 0 aromatic rings. The summed E-state index contributed by atoms with van der Waals surface area (Å²) in [6, 6.07) is 0. The Kier molecular flexibility index (Phi) is 50.7. The van der Waals surface area contributed by atoms with Gasteiger partial charge in [-0.2, -0.15) is 4.21 Å². The first-order valence-electron chi connectivity index (χ1n) is 1.71. The van der Waals surface area contributed by atoms with Gasteiger partial charge in [-0.05, 0) is 0 Å². The maximum Gasteiger partial charge on any atom is 0.299 e. The quantitative estimate of drug-likeness (QED) is 0.267. The van der Waals surface area contributed by atoms with Crippen LogP contribution < -0.4 is 18.0 Å². The Bertz CT molecular complexity index is 59.7. The fourth-order valence-corrected chi connectivity index (χ4v) is 0. The highest BCUT2D eigenvalue weighted by molar-refractivity contribution is 14.1. The van der Waals surface area contributed by atoms with Gasteiger partial charge in [-0.1, -0.05) is 22.6 Å². The molecule has 0 atom stereocenters. The maximum absolute atomic E-state index is 8.67. The molecule has 0 saturated carbocycles. The van der Waals surface area contributed by atoms with Gasteiger partial charge < -0.3 is 18.0 Å². The number of hydrogen-bond acceptors (Lipinski definition) is 4. The highest BCUT2D eigenvalue weighted by Crippen LogP contribution is 1.69. The lowest BCUT2D eigenvalue weighted by Gasteiger charge is -1.68. The van der Waals surface area contributed by atoms with Crippen molar-refractivity contribution in [2.75, 3.05) is 11.0 Å². The van der Waals surface area contributed by atoms with E-state index in [0.717, 1.165) is 11.0 Å². The fourth-order valence-electron chi connectivity index (χ4n) is 0. The van der Waals surface area contributed by atoms with Crippen LogP contribution in [-0.2, 0) is 11.4 Å². The van der Waals surface area contributed by atoms with Crippen molar-refractivity contribution in [1.29, 1.82) is 0 Å². The molecule has 0 amide bonds. The Morgan fingerprint density at radius 2 is 1.50 bits per heavy atom. The van der Waals surface area contributed by atoms with Gasteiger partial charge in [0.2, 0.25) is 0 Å². The first kappa shape index (κ1) is 22.4. The lowest BCUT2D eigenvalue weighted by molar-refractivity contribution is 0.454. The van der Waals surface area contributed by atoms with Crippen LogP contribution in [0.2, 0.25) is 0 Å². The van der Waals surface area contributed by atoms with E-state index >= 15 is 0 Å². The Labute approximate surface area is 76.4 Å². The van der Waals surface area contributed by atoms with Gasteiger partial charge in [-0.25, -0.2) is 0 Å². The topological polar surface area (TPSA) is 154 Å². The van der Waals surface area contributed by atoms with Crippen molar-refractivity contribution in [2.45, 2.75) is 0 Å². The molecule has 68 valence electrons. The van der Waals surface area contributed by atoms with E-state index in [1.807, 2.05) is 0 Å². The van der Waals surface area contributed by atoms with E-state index in [-0.39, 0.29) is 12.3 Å². The summed E-state index contributed by atoms with van der Waals surface area (Å²) in [6.07, 6.45) is 0. The van der Waals surface area contributed by atoms with Gasteiger partial charge in [0.1, 0.15) is 0 Å². The molecule has 0 aliphatic carbocycles. The molecule has 0 saturated heterocycles. The predicted molar refractivity (Wildman–Crippen MR) is 51.4 cm³/mol. The standard InChI is InChI=1S/C2H6IN.2H3N.H2O3S/c3-1-2-4;;;1-4(2)3/h1-2,4H2;2*1H3;(H2,1,2,3). The van der Waals surface area contributed by atoms with Crippen LogP contribution in [0.15, 0.2) is 0 Å². The molecule has 0 aliphatic rings. The van der Waals surface area contributed by atoms with Gasteiger partial charge in [0, 0.05) is 11.0 Å². The van der Waals surface area contributed by atoms with Crippen molar-refractivity contribution in [1.82, 2.24) is 12.3 Å². The van der Waals surface area contributed by atoms with Gasteiger partial charge in [0.05, 0.1) is 0 Å². The normalized spacial score (nSPS) is 6.50. The second kappa shape index (κ2) is 22.6. The Hall–Kier alpha value is 0.680. The second-order valence-electron chi connectivity index (χ2n) is 0.708. The molecule has 8 heteroatoms. The number of hydrogen-bond donors (Lipinski definition) is 5. The van der Waals surface area contributed by atoms with Gasteiger partial charge in [0.25, 0.3) is 11.4 Å². The average molecular weight is 287 g/mol. The van der Waals surface area contributed by atoms with E-state index in [2.05, 4.69) is 22.6 Å². The van der Waals surface area contributed by atoms with Gasteiger partial charge >= 0.3 is 0 Å². The molecule has 0 aromatic heterocycles. The van der Waals surface area contributed by atoms with Crippen LogP contribution in [0.25, 0.3) is 0 Å². The molecule has 6 nitrogen and oxygen atoms in total. The van der Waals surface area contributed by atoms with E-state index < -0.39 is 11.4 Å². The summed E-state index contributed by atoms with van der Waals surface area (Å²) in [4.78, 5) is 0. The van der Waals surface area contributed by atoms with E-state index in [1.54, 1.807) is 0 Å². The van der Waals surface area contributed by atoms with Crippen molar-refractivity contribution < 1.29 is 13.3 Å². The lowest BCUT2D eigenvalue weighted by atomic mass is 10.8. The van der Waals surface area contributed by atoms with E-state index in [4.69, 9.17) is 19.0 Å². The maximum atomic E-state index is 8.67. The molecule has 0 aromatic carbocycles. The first-order valence-corrected chi connectivity index (χ1v) is 4.30. The Morgan fingerprint density at radius 1 is 1.40 bits per heavy atom. The van der Waals surface area contributed by atoms with Gasteiger partial charge in [-0.3, -0.25) is 9.11 Å². The lowest BCUT2D eigenvalue weighted by Crippen LogP contribution is -1.97. The van der Waals surface area contributed by atoms with Crippen LogP contribution in [0, 0.1) is 0 Å². The van der Waals surface area contributed by atoms with E-state index in [9.17, 15) is 0 Å². The summed E-state index contributed by atoms with van der Waals surface area (Å²) < 4.78 is 23.9. The largest absolute Gasteiger partial charge is 0.344 e. The third-order valence-corrected chi connectivity index (χ3v) is 0.732.